The number of pyridine rings is 1. The van der Waals surface area contributed by atoms with Crippen LogP contribution in [-0.2, 0) is 11.3 Å². The molecule has 1 unspecified atom stereocenters. The molecule has 4 heterocycles. The van der Waals surface area contributed by atoms with E-state index in [-0.39, 0.29) is 5.91 Å². The van der Waals surface area contributed by atoms with E-state index in [1.54, 1.807) is 0 Å². The summed E-state index contributed by atoms with van der Waals surface area (Å²) in [5.41, 5.74) is 4.05. The number of aliphatic imine (C=N–C) groups is 1. The van der Waals surface area contributed by atoms with E-state index in [2.05, 4.69) is 53.1 Å². The lowest BCUT2D eigenvalue weighted by Gasteiger charge is -2.47. The van der Waals surface area contributed by atoms with Crippen molar-refractivity contribution in [2.45, 2.75) is 51.2 Å². The van der Waals surface area contributed by atoms with Crippen molar-refractivity contribution < 1.29 is 4.79 Å². The molecular formula is C21H29N6OP. The van der Waals surface area contributed by atoms with Crippen molar-refractivity contribution in [3.8, 4) is 0 Å². The third-order valence-corrected chi connectivity index (χ3v) is 7.08. The van der Waals surface area contributed by atoms with Crippen molar-refractivity contribution in [3.63, 3.8) is 0 Å². The van der Waals surface area contributed by atoms with Crippen LogP contribution in [0, 0.1) is 0 Å². The fourth-order valence-corrected chi connectivity index (χ4v) is 5.25. The Morgan fingerprint density at radius 1 is 1.24 bits per heavy atom. The fourth-order valence-electron chi connectivity index (χ4n) is 4.84. The third kappa shape index (κ3) is 3.72. The number of rotatable bonds is 4. The van der Waals surface area contributed by atoms with Gasteiger partial charge in [0.15, 0.2) is 0 Å². The number of carbonyl (C=O) groups excluding carboxylic acids is 1. The maximum Gasteiger partial charge on any atom is 0.249 e. The van der Waals surface area contributed by atoms with E-state index < -0.39 is 0 Å². The van der Waals surface area contributed by atoms with Gasteiger partial charge in [0.25, 0.3) is 0 Å². The Bertz CT molecular complexity index is 952. The Morgan fingerprint density at radius 2 is 2.10 bits per heavy atom. The van der Waals surface area contributed by atoms with Gasteiger partial charge in [0.1, 0.15) is 5.58 Å². The average Bonchev–Trinajstić information content (AvgIpc) is 3.05. The van der Waals surface area contributed by atoms with Crippen molar-refractivity contribution in [1.82, 2.24) is 19.4 Å². The molecule has 1 saturated heterocycles. The van der Waals surface area contributed by atoms with E-state index in [1.165, 1.54) is 31.4 Å². The number of anilines is 1. The number of nitrogens with zero attached hydrogens (tertiary/aromatic N) is 6. The molecule has 7 nitrogen and oxygen atoms in total. The van der Waals surface area contributed by atoms with Gasteiger partial charge in [0.2, 0.25) is 5.91 Å². The lowest BCUT2D eigenvalue weighted by atomic mass is 9.89. The Kier molecular flexibility index (Phi) is 5.14. The minimum Gasteiger partial charge on any atom is -0.323 e. The van der Waals surface area contributed by atoms with Gasteiger partial charge in [-0.2, -0.15) is 10.1 Å². The van der Waals surface area contributed by atoms with Crippen LogP contribution < -0.4 is 4.90 Å². The highest BCUT2D eigenvalue weighted by molar-refractivity contribution is 7.41. The Morgan fingerprint density at radius 3 is 2.83 bits per heavy atom. The lowest BCUT2D eigenvalue weighted by molar-refractivity contribution is -0.117. The largest absolute Gasteiger partial charge is 0.323 e. The van der Waals surface area contributed by atoms with Crippen LogP contribution in [0.1, 0.15) is 38.2 Å². The van der Waals surface area contributed by atoms with E-state index in [1.807, 2.05) is 16.9 Å². The first-order chi connectivity index (χ1) is 14.1. The monoisotopic (exact) mass is 412 g/mol. The number of amidine groups is 1. The summed E-state index contributed by atoms with van der Waals surface area (Å²) in [5, 5.41) is 4.50. The first kappa shape index (κ1) is 19.2. The summed E-state index contributed by atoms with van der Waals surface area (Å²) in [6, 6.07) is 5.86. The standard InChI is InChI=1S/C21H29N6OP/c1-15-13-24(9-10-25(15)17-3-2-4-17)14-16-5-8-27-18(11-16)19(12-22-27)26-7-6-20(28)23-21(26)29/h5,8,11-12,15,17H,2-4,6-7,9-10,13-14,29H2,1H3/t15-/m0/s1. The Labute approximate surface area is 173 Å². The highest BCUT2D eigenvalue weighted by atomic mass is 31.0. The smallest absolute Gasteiger partial charge is 0.249 e. The Balaban J connectivity index is 1.32. The van der Waals surface area contributed by atoms with Crippen LogP contribution in [-0.4, -0.2) is 69.2 Å². The highest BCUT2D eigenvalue weighted by Crippen LogP contribution is 2.29. The van der Waals surface area contributed by atoms with Crippen molar-refractivity contribution >= 4 is 31.9 Å². The normalized spacial score (nSPS) is 24.8. The molecule has 0 N–H and O–H groups in total. The predicted molar refractivity (Wildman–Crippen MR) is 118 cm³/mol. The molecule has 1 aliphatic carbocycles. The van der Waals surface area contributed by atoms with Crippen molar-refractivity contribution in [2.75, 3.05) is 31.1 Å². The molecule has 0 aromatic carbocycles. The van der Waals surface area contributed by atoms with E-state index in [4.69, 9.17) is 0 Å². The van der Waals surface area contributed by atoms with Crippen LogP contribution in [0.5, 0.6) is 0 Å². The molecular weight excluding hydrogens is 383 g/mol. The second-order valence-electron chi connectivity index (χ2n) is 8.57. The van der Waals surface area contributed by atoms with Gasteiger partial charge >= 0.3 is 0 Å². The van der Waals surface area contributed by atoms with Crippen LogP contribution >= 0.6 is 9.24 Å². The molecule has 2 atom stereocenters. The third-order valence-electron chi connectivity index (χ3n) is 6.63. The summed E-state index contributed by atoms with van der Waals surface area (Å²) in [6.45, 7) is 7.43. The summed E-state index contributed by atoms with van der Waals surface area (Å²) in [5.74, 6) is -0.0569. The number of piperazine rings is 1. The molecule has 154 valence electrons. The molecule has 2 aromatic heterocycles. The number of aromatic nitrogens is 2. The molecule has 0 radical (unpaired) electrons. The molecule has 1 amide bonds. The van der Waals surface area contributed by atoms with Crippen molar-refractivity contribution in [2.24, 2.45) is 4.99 Å². The van der Waals surface area contributed by atoms with Gasteiger partial charge in [0, 0.05) is 57.4 Å². The van der Waals surface area contributed by atoms with Crippen LogP contribution in [0.2, 0.25) is 0 Å². The van der Waals surface area contributed by atoms with Gasteiger partial charge < -0.3 is 4.90 Å². The van der Waals surface area contributed by atoms with Crippen molar-refractivity contribution in [1.29, 1.82) is 0 Å². The molecule has 2 aliphatic heterocycles. The zero-order valence-electron chi connectivity index (χ0n) is 17.0. The first-order valence-corrected chi connectivity index (χ1v) is 11.2. The summed E-state index contributed by atoms with van der Waals surface area (Å²) in [4.78, 5) is 23.0. The van der Waals surface area contributed by atoms with E-state index >= 15 is 0 Å². The van der Waals surface area contributed by atoms with Gasteiger partial charge in [-0.15, -0.1) is 0 Å². The van der Waals surface area contributed by atoms with Gasteiger partial charge in [0.05, 0.1) is 17.4 Å². The Hall–Kier alpha value is -1.82. The number of fused-ring (bicyclic) bond motifs is 1. The summed E-state index contributed by atoms with van der Waals surface area (Å²) >= 11 is 0. The highest BCUT2D eigenvalue weighted by Gasteiger charge is 2.32. The average molecular weight is 412 g/mol. The molecule has 8 heteroatoms. The second-order valence-corrected chi connectivity index (χ2v) is 9.08. The molecule has 29 heavy (non-hydrogen) atoms. The topological polar surface area (TPSA) is 56.5 Å². The maximum atomic E-state index is 11.6. The lowest BCUT2D eigenvalue weighted by Crippen LogP contribution is -2.56. The quantitative estimate of drug-likeness (QED) is 0.722. The number of carbonyl (C=O) groups is 1. The van der Waals surface area contributed by atoms with E-state index in [0.29, 0.717) is 24.6 Å². The molecule has 2 aromatic rings. The van der Waals surface area contributed by atoms with Crippen LogP contribution in [0.25, 0.3) is 5.52 Å². The maximum absolute atomic E-state index is 11.6. The number of hydrogen-bond donors (Lipinski definition) is 0. The minimum atomic E-state index is -0.0569. The molecule has 0 bridgehead atoms. The van der Waals surface area contributed by atoms with Crippen LogP contribution in [0.15, 0.2) is 29.5 Å². The number of amides is 1. The van der Waals surface area contributed by atoms with Gasteiger partial charge in [-0.05, 0) is 37.5 Å². The predicted octanol–water partition coefficient (Wildman–Crippen LogP) is 2.36. The van der Waals surface area contributed by atoms with Gasteiger partial charge in [-0.3, -0.25) is 14.6 Å². The van der Waals surface area contributed by atoms with Crippen molar-refractivity contribution in [3.05, 3.63) is 30.1 Å². The molecule has 0 spiro atoms. The van der Waals surface area contributed by atoms with Crippen LogP contribution in [0.4, 0.5) is 5.69 Å². The first-order valence-electron chi connectivity index (χ1n) is 10.7. The summed E-state index contributed by atoms with van der Waals surface area (Å²) < 4.78 is 1.91. The zero-order chi connectivity index (χ0) is 20.0. The molecule has 3 aliphatic rings. The molecule has 5 rings (SSSR count). The minimum absolute atomic E-state index is 0.0569. The van der Waals surface area contributed by atoms with Crippen LogP contribution in [0.3, 0.4) is 0 Å². The van der Waals surface area contributed by atoms with E-state index in [9.17, 15) is 4.79 Å². The summed E-state index contributed by atoms with van der Waals surface area (Å²) in [6.07, 6.45) is 8.52. The molecule has 1 saturated carbocycles. The second kappa shape index (κ2) is 7.78. The van der Waals surface area contributed by atoms with E-state index in [0.717, 1.165) is 36.9 Å². The number of hydrogen-bond acceptors (Lipinski definition) is 5. The zero-order valence-corrected chi connectivity index (χ0v) is 18.2. The van der Waals surface area contributed by atoms with Gasteiger partial charge in [-0.25, -0.2) is 4.52 Å². The SMILES string of the molecule is C[C@H]1CN(Cc2ccn3ncc(N4CCC(=O)N=C4P)c3c2)CCN1C1CCC1. The van der Waals surface area contributed by atoms with Gasteiger partial charge in [-0.1, -0.05) is 15.7 Å². The fraction of sp³-hybridized carbons (Fsp3) is 0.571. The molecule has 2 fully saturated rings. The summed E-state index contributed by atoms with van der Waals surface area (Å²) in [7, 11) is 2.58.